The minimum absolute atomic E-state index is 0.120. The first-order chi connectivity index (χ1) is 8.61. The van der Waals surface area contributed by atoms with E-state index < -0.39 is 0 Å². The molecular formula is C13H23N3O2. The molecule has 1 atom stereocenters. The fourth-order valence-electron chi connectivity index (χ4n) is 1.98. The molecule has 102 valence electrons. The predicted octanol–water partition coefficient (Wildman–Crippen LogP) is 1.64. The monoisotopic (exact) mass is 253 g/mol. The molecule has 0 aromatic carbocycles. The number of carbonyl (C=O) groups excluding carboxylic acids is 1. The van der Waals surface area contributed by atoms with Gasteiger partial charge in [0.1, 0.15) is 11.9 Å². The third-order valence-corrected chi connectivity index (χ3v) is 3.01. The zero-order valence-electron chi connectivity index (χ0n) is 11.7. The van der Waals surface area contributed by atoms with Crippen LogP contribution in [0.3, 0.4) is 0 Å². The van der Waals surface area contributed by atoms with Crippen molar-refractivity contribution < 1.29 is 9.53 Å². The van der Waals surface area contributed by atoms with Crippen LogP contribution < -0.4 is 0 Å². The molecule has 0 saturated carbocycles. The van der Waals surface area contributed by atoms with E-state index in [0.717, 1.165) is 18.8 Å². The van der Waals surface area contributed by atoms with Gasteiger partial charge in [0.05, 0.1) is 6.61 Å². The lowest BCUT2D eigenvalue weighted by molar-refractivity contribution is -0.135. The maximum atomic E-state index is 12.4. The van der Waals surface area contributed by atoms with Crippen molar-refractivity contribution in [3.05, 3.63) is 18.2 Å². The van der Waals surface area contributed by atoms with Gasteiger partial charge in [-0.25, -0.2) is 4.98 Å². The van der Waals surface area contributed by atoms with Gasteiger partial charge in [-0.3, -0.25) is 4.79 Å². The van der Waals surface area contributed by atoms with E-state index in [2.05, 4.69) is 11.9 Å². The number of nitrogens with zero attached hydrogens (tertiary/aromatic N) is 3. The summed E-state index contributed by atoms with van der Waals surface area (Å²) >= 11 is 0. The van der Waals surface area contributed by atoms with Gasteiger partial charge in [0.2, 0.25) is 5.91 Å². The van der Waals surface area contributed by atoms with Gasteiger partial charge in [-0.2, -0.15) is 0 Å². The number of ether oxygens (including phenoxy) is 1. The summed E-state index contributed by atoms with van der Waals surface area (Å²) in [5.74, 6) is 0.981. The van der Waals surface area contributed by atoms with Crippen molar-refractivity contribution in [2.75, 3.05) is 26.8 Å². The Morgan fingerprint density at radius 1 is 1.56 bits per heavy atom. The lowest BCUT2D eigenvalue weighted by Gasteiger charge is -2.26. The topological polar surface area (TPSA) is 47.4 Å². The van der Waals surface area contributed by atoms with Gasteiger partial charge < -0.3 is 14.2 Å². The van der Waals surface area contributed by atoms with E-state index >= 15 is 0 Å². The molecule has 0 radical (unpaired) electrons. The Kier molecular flexibility index (Phi) is 5.85. The first kappa shape index (κ1) is 14.7. The number of aryl methyl sites for hydroxylation is 1. The summed E-state index contributed by atoms with van der Waals surface area (Å²) in [7, 11) is 1.65. The Labute approximate surface area is 109 Å². The molecule has 0 aliphatic rings. The molecule has 1 heterocycles. The van der Waals surface area contributed by atoms with Gasteiger partial charge in [-0.1, -0.05) is 6.92 Å². The number of carbonyl (C=O) groups is 1. The van der Waals surface area contributed by atoms with Crippen molar-refractivity contribution in [2.45, 2.75) is 33.2 Å². The van der Waals surface area contributed by atoms with Gasteiger partial charge in [0.25, 0.3) is 0 Å². The fourth-order valence-corrected chi connectivity index (χ4v) is 1.98. The Hall–Kier alpha value is -1.36. The molecule has 0 saturated heterocycles. The number of rotatable bonds is 7. The second-order valence-corrected chi connectivity index (χ2v) is 4.38. The van der Waals surface area contributed by atoms with E-state index in [-0.39, 0.29) is 11.9 Å². The summed E-state index contributed by atoms with van der Waals surface area (Å²) in [5, 5.41) is 0. The summed E-state index contributed by atoms with van der Waals surface area (Å²) in [4.78, 5) is 18.4. The molecule has 1 aromatic heterocycles. The summed E-state index contributed by atoms with van der Waals surface area (Å²) in [5.41, 5.74) is 0. The summed E-state index contributed by atoms with van der Waals surface area (Å²) < 4.78 is 6.95. The van der Waals surface area contributed by atoms with E-state index in [1.54, 1.807) is 13.3 Å². The predicted molar refractivity (Wildman–Crippen MR) is 70.4 cm³/mol. The van der Waals surface area contributed by atoms with E-state index in [1.165, 1.54) is 0 Å². The van der Waals surface area contributed by atoms with Crippen molar-refractivity contribution in [1.29, 1.82) is 0 Å². The maximum absolute atomic E-state index is 12.4. The Morgan fingerprint density at radius 2 is 2.28 bits per heavy atom. The first-order valence-electron chi connectivity index (χ1n) is 6.39. The van der Waals surface area contributed by atoms with Gasteiger partial charge >= 0.3 is 0 Å². The van der Waals surface area contributed by atoms with Crippen molar-refractivity contribution in [3.8, 4) is 0 Å². The number of imidazole rings is 1. The van der Waals surface area contributed by atoms with Crippen molar-refractivity contribution >= 4 is 5.91 Å². The molecule has 0 spiro atoms. The van der Waals surface area contributed by atoms with Crippen LogP contribution in [0.2, 0.25) is 0 Å². The molecule has 0 unspecified atom stereocenters. The van der Waals surface area contributed by atoms with Gasteiger partial charge in [-0.15, -0.1) is 0 Å². The lowest BCUT2D eigenvalue weighted by atomic mass is 10.2. The zero-order chi connectivity index (χ0) is 13.5. The van der Waals surface area contributed by atoms with Crippen LogP contribution in [0.15, 0.2) is 12.4 Å². The Balaban J connectivity index is 2.72. The molecule has 1 amide bonds. The van der Waals surface area contributed by atoms with Crippen LogP contribution in [0.1, 0.15) is 32.1 Å². The normalized spacial score (nSPS) is 12.4. The Morgan fingerprint density at radius 3 is 2.78 bits per heavy atom. The molecule has 0 fully saturated rings. The van der Waals surface area contributed by atoms with Crippen molar-refractivity contribution in [2.24, 2.45) is 0 Å². The molecule has 0 bridgehead atoms. The standard InChI is InChI=1S/C13H23N3O2/c1-5-7-15(9-10-18-4)13(17)11(2)16-8-6-14-12(16)3/h6,8,11H,5,7,9-10H2,1-4H3/t11-/m0/s1. The van der Waals surface area contributed by atoms with Gasteiger partial charge in [-0.05, 0) is 20.3 Å². The fraction of sp³-hybridized carbons (Fsp3) is 0.692. The average molecular weight is 253 g/mol. The molecule has 5 heteroatoms. The zero-order valence-corrected chi connectivity index (χ0v) is 11.7. The highest BCUT2D eigenvalue weighted by Gasteiger charge is 2.21. The maximum Gasteiger partial charge on any atom is 0.245 e. The molecular weight excluding hydrogens is 230 g/mol. The number of amides is 1. The molecule has 1 rings (SSSR count). The van der Waals surface area contributed by atoms with Crippen LogP contribution in [0.5, 0.6) is 0 Å². The van der Waals surface area contributed by atoms with Gasteiger partial charge in [0, 0.05) is 32.6 Å². The second-order valence-electron chi connectivity index (χ2n) is 4.38. The first-order valence-corrected chi connectivity index (χ1v) is 6.39. The molecule has 5 nitrogen and oxygen atoms in total. The highest BCUT2D eigenvalue weighted by atomic mass is 16.5. The van der Waals surface area contributed by atoms with Crippen LogP contribution in [0.4, 0.5) is 0 Å². The number of methoxy groups -OCH3 is 1. The smallest absolute Gasteiger partial charge is 0.245 e. The summed E-state index contributed by atoms with van der Waals surface area (Å²) in [6, 6.07) is -0.212. The molecule has 0 aliphatic heterocycles. The van der Waals surface area contributed by atoms with Crippen LogP contribution in [0.25, 0.3) is 0 Å². The van der Waals surface area contributed by atoms with Crippen LogP contribution >= 0.6 is 0 Å². The molecule has 0 aliphatic carbocycles. The van der Waals surface area contributed by atoms with E-state index in [0.29, 0.717) is 13.2 Å². The third kappa shape index (κ3) is 3.57. The number of hydrogen-bond donors (Lipinski definition) is 0. The van der Waals surface area contributed by atoms with E-state index in [1.807, 2.05) is 29.5 Å². The minimum atomic E-state index is -0.212. The van der Waals surface area contributed by atoms with Crippen LogP contribution in [-0.4, -0.2) is 47.2 Å². The molecule has 1 aromatic rings. The number of aromatic nitrogens is 2. The Bertz CT molecular complexity index is 376. The summed E-state index contributed by atoms with van der Waals surface area (Å²) in [6.07, 6.45) is 4.52. The number of hydrogen-bond acceptors (Lipinski definition) is 3. The highest BCUT2D eigenvalue weighted by Crippen LogP contribution is 2.12. The average Bonchev–Trinajstić information content (AvgIpc) is 2.79. The van der Waals surface area contributed by atoms with Gasteiger partial charge in [0.15, 0.2) is 0 Å². The minimum Gasteiger partial charge on any atom is -0.383 e. The van der Waals surface area contributed by atoms with Crippen molar-refractivity contribution in [3.63, 3.8) is 0 Å². The SMILES string of the molecule is CCCN(CCOC)C(=O)[C@H](C)n1ccnc1C. The molecule has 0 N–H and O–H groups in total. The van der Waals surface area contributed by atoms with E-state index in [4.69, 9.17) is 4.74 Å². The second kappa shape index (κ2) is 7.16. The lowest BCUT2D eigenvalue weighted by Crippen LogP contribution is -2.39. The quantitative estimate of drug-likeness (QED) is 0.742. The van der Waals surface area contributed by atoms with E-state index in [9.17, 15) is 4.79 Å². The van der Waals surface area contributed by atoms with Crippen LogP contribution in [-0.2, 0) is 9.53 Å². The summed E-state index contributed by atoms with van der Waals surface area (Å²) in [6.45, 7) is 7.86. The van der Waals surface area contributed by atoms with Crippen molar-refractivity contribution in [1.82, 2.24) is 14.5 Å². The van der Waals surface area contributed by atoms with Crippen LogP contribution in [0, 0.1) is 6.92 Å². The molecule has 18 heavy (non-hydrogen) atoms. The highest BCUT2D eigenvalue weighted by molar-refractivity contribution is 5.80. The third-order valence-electron chi connectivity index (χ3n) is 3.01. The largest absolute Gasteiger partial charge is 0.383 e.